The molecule has 6 heteroatoms. The summed E-state index contributed by atoms with van der Waals surface area (Å²) in [5.41, 5.74) is 0. The van der Waals surface area contributed by atoms with Gasteiger partial charge in [-0.3, -0.25) is 4.79 Å². The van der Waals surface area contributed by atoms with Gasteiger partial charge >= 0.3 is 5.97 Å². The molecule has 17 heavy (non-hydrogen) atoms. The lowest BCUT2D eigenvalue weighted by Gasteiger charge is -2.29. The van der Waals surface area contributed by atoms with Gasteiger partial charge in [0.25, 0.3) is 0 Å². The summed E-state index contributed by atoms with van der Waals surface area (Å²) in [5.74, 6) is -1.72. The fourth-order valence-corrected chi connectivity index (χ4v) is 1.41. The van der Waals surface area contributed by atoms with Crippen LogP contribution in [0.3, 0.4) is 0 Å². The Balaban J connectivity index is 4.28. The van der Waals surface area contributed by atoms with Gasteiger partial charge in [0, 0.05) is 25.4 Å². The molecule has 6 nitrogen and oxygen atoms in total. The molecule has 0 aliphatic rings. The summed E-state index contributed by atoms with van der Waals surface area (Å²) in [6, 6.07) is 0. The zero-order valence-electron chi connectivity index (χ0n) is 10.6. The van der Waals surface area contributed by atoms with Crippen LogP contribution in [0.15, 0.2) is 0 Å². The number of aliphatic hydroxyl groups is 1. The quantitative estimate of drug-likeness (QED) is 0.322. The van der Waals surface area contributed by atoms with Crippen molar-refractivity contribution in [2.24, 2.45) is 0 Å². The molecular formula is C11H21NO5. The van der Waals surface area contributed by atoms with Crippen LogP contribution in [0.1, 0.15) is 19.3 Å². The molecule has 0 heterocycles. The number of quaternary nitrogens is 1. The summed E-state index contributed by atoms with van der Waals surface area (Å²) < 4.78 is 5.54. The fraction of sp³-hybridized carbons (Fsp3) is 0.818. The van der Waals surface area contributed by atoms with Crippen molar-refractivity contribution in [1.82, 2.24) is 0 Å². The van der Waals surface area contributed by atoms with Gasteiger partial charge in [-0.25, -0.2) is 0 Å². The van der Waals surface area contributed by atoms with Gasteiger partial charge in [0.1, 0.15) is 6.54 Å². The molecule has 0 aromatic heterocycles. The van der Waals surface area contributed by atoms with Gasteiger partial charge in [-0.1, -0.05) is 0 Å². The lowest BCUT2D eigenvalue weighted by molar-refractivity contribution is -0.873. The molecular weight excluding hydrogens is 229 g/mol. The number of hydrogen-bond donors (Lipinski definition) is 1. The van der Waals surface area contributed by atoms with Crippen molar-refractivity contribution in [3.05, 3.63) is 0 Å². The summed E-state index contributed by atoms with van der Waals surface area (Å²) in [6.07, 6.45) is -0.579. The molecule has 0 aliphatic heterocycles. The molecule has 0 aliphatic carbocycles. The third-order valence-corrected chi connectivity index (χ3v) is 1.98. The minimum atomic E-state index is -1.24. The number of aliphatic hydroxyl groups excluding tert-OH is 1. The molecule has 100 valence electrons. The first kappa shape index (κ1) is 15.9. The molecule has 0 saturated heterocycles. The second-order valence-corrected chi connectivity index (χ2v) is 4.99. The SMILES string of the molecule is [13CH3][N+]([13CH3])([13CH3])C[C@@H](CC(=O)[O-])OC(=O)CCCO. The van der Waals surface area contributed by atoms with Gasteiger partial charge in [0.15, 0.2) is 6.10 Å². The van der Waals surface area contributed by atoms with E-state index in [9.17, 15) is 14.7 Å². The first-order valence-electron chi connectivity index (χ1n) is 5.55. The number of aliphatic carboxylic acids is 1. The van der Waals surface area contributed by atoms with Crippen molar-refractivity contribution >= 4 is 11.9 Å². The number of carbonyl (C=O) groups is 2. The summed E-state index contributed by atoms with van der Waals surface area (Å²) in [5, 5.41) is 19.1. The Morgan fingerprint density at radius 1 is 1.35 bits per heavy atom. The van der Waals surface area contributed by atoms with Gasteiger partial charge in [-0.05, 0) is 6.42 Å². The summed E-state index contributed by atoms with van der Waals surface area (Å²) in [6.45, 7) is 0.314. The van der Waals surface area contributed by atoms with E-state index < -0.39 is 18.0 Å². The van der Waals surface area contributed by atoms with Crippen LogP contribution >= 0.6 is 0 Å². The van der Waals surface area contributed by atoms with Crippen LogP contribution < -0.4 is 5.11 Å². The van der Waals surface area contributed by atoms with Crippen molar-refractivity contribution in [2.45, 2.75) is 25.4 Å². The first-order valence-corrected chi connectivity index (χ1v) is 5.55. The van der Waals surface area contributed by atoms with E-state index in [1.807, 2.05) is 21.1 Å². The number of likely N-dealkylation sites (N-methyl/N-ethyl adjacent to an activating group) is 1. The molecule has 1 atom stereocenters. The van der Waals surface area contributed by atoms with Crippen LogP contribution in [0.5, 0.6) is 0 Å². The molecule has 0 bridgehead atoms. The monoisotopic (exact) mass is 250 g/mol. The molecule has 0 unspecified atom stereocenters. The van der Waals surface area contributed by atoms with Crippen molar-refractivity contribution in [3.8, 4) is 0 Å². The van der Waals surface area contributed by atoms with E-state index in [0.29, 0.717) is 17.4 Å². The topological polar surface area (TPSA) is 86.7 Å². The molecule has 0 aromatic carbocycles. The van der Waals surface area contributed by atoms with E-state index in [1.165, 1.54) is 0 Å². The maximum Gasteiger partial charge on any atom is 0.306 e. The molecule has 0 spiro atoms. The number of carbonyl (C=O) groups excluding carboxylic acids is 2. The molecule has 0 saturated carbocycles. The minimum Gasteiger partial charge on any atom is -0.550 e. The van der Waals surface area contributed by atoms with Gasteiger partial charge in [-0.15, -0.1) is 0 Å². The van der Waals surface area contributed by atoms with Gasteiger partial charge in [0.05, 0.1) is 21.1 Å². The highest BCUT2D eigenvalue weighted by molar-refractivity contribution is 5.70. The number of hydrogen-bond acceptors (Lipinski definition) is 5. The molecule has 1 N–H and O–H groups in total. The Bertz CT molecular complexity index is 259. The Morgan fingerprint density at radius 3 is 2.35 bits per heavy atom. The predicted octanol–water partition coefficient (Wildman–Crippen LogP) is -1.48. The number of rotatable bonds is 8. The largest absolute Gasteiger partial charge is 0.550 e. The third-order valence-electron chi connectivity index (χ3n) is 1.98. The molecule has 0 rings (SSSR count). The van der Waals surface area contributed by atoms with Crippen LogP contribution in [0.25, 0.3) is 0 Å². The number of esters is 1. The first-order chi connectivity index (χ1) is 7.74. The predicted molar refractivity (Wildman–Crippen MR) is 58.7 cm³/mol. The Labute approximate surface area is 101 Å². The number of carboxylic acid groups (broad SMARTS) is 1. The van der Waals surface area contributed by atoms with Crippen molar-refractivity contribution < 1.29 is 29.0 Å². The van der Waals surface area contributed by atoms with Crippen LogP contribution in [-0.4, -0.2) is 61.9 Å². The standard InChI is InChI=1S/C11H21NO5/c1-12(2,3)8-9(7-10(14)15)17-11(16)5-4-6-13/h9,13H,4-8H2,1-3H3/t9-/m1/s1/i1+1,2+1,3+1. The molecule has 0 aromatic rings. The Morgan fingerprint density at radius 2 is 1.94 bits per heavy atom. The number of ether oxygens (including phenoxy) is 1. The highest BCUT2D eigenvalue weighted by atomic mass is 16.5. The maximum absolute atomic E-state index is 11.3. The lowest BCUT2D eigenvalue weighted by atomic mass is 10.2. The van der Waals surface area contributed by atoms with Gasteiger partial charge in [0.2, 0.25) is 0 Å². The van der Waals surface area contributed by atoms with Crippen LogP contribution in [0, 0.1) is 0 Å². The normalized spacial score (nSPS) is 13.2. The molecule has 0 amide bonds. The highest BCUT2D eigenvalue weighted by Gasteiger charge is 2.22. The molecule has 0 radical (unpaired) electrons. The molecule has 0 fully saturated rings. The summed E-state index contributed by atoms with van der Waals surface area (Å²) >= 11 is 0. The lowest BCUT2D eigenvalue weighted by Crippen LogP contribution is -2.45. The van der Waals surface area contributed by atoms with Crippen LogP contribution in [-0.2, 0) is 14.3 Å². The average Bonchev–Trinajstić information content (AvgIpc) is 2.10. The Kier molecular flexibility index (Phi) is 6.75. The van der Waals surface area contributed by atoms with Gasteiger partial charge < -0.3 is 24.2 Å². The third kappa shape index (κ3) is 9.77. The summed E-state index contributed by atoms with van der Waals surface area (Å²) in [7, 11) is 5.64. The number of nitrogens with zero attached hydrogens (tertiary/aromatic N) is 1. The van der Waals surface area contributed by atoms with Crippen molar-refractivity contribution in [3.63, 3.8) is 0 Å². The van der Waals surface area contributed by atoms with E-state index >= 15 is 0 Å². The maximum atomic E-state index is 11.3. The van der Waals surface area contributed by atoms with Crippen molar-refractivity contribution in [2.75, 3.05) is 34.3 Å². The zero-order valence-corrected chi connectivity index (χ0v) is 10.6. The summed E-state index contributed by atoms with van der Waals surface area (Å²) in [4.78, 5) is 21.9. The fourth-order valence-electron chi connectivity index (χ4n) is 1.41. The number of carboxylic acids is 1. The van der Waals surface area contributed by atoms with Gasteiger partial charge in [-0.2, -0.15) is 0 Å². The highest BCUT2D eigenvalue weighted by Crippen LogP contribution is 2.06. The second-order valence-electron chi connectivity index (χ2n) is 4.99. The van der Waals surface area contributed by atoms with Crippen molar-refractivity contribution in [1.29, 1.82) is 0 Å². The smallest absolute Gasteiger partial charge is 0.306 e. The van der Waals surface area contributed by atoms with E-state index in [4.69, 9.17) is 9.84 Å². The van der Waals surface area contributed by atoms with E-state index in [-0.39, 0.29) is 19.4 Å². The zero-order chi connectivity index (χ0) is 13.5. The Hall–Kier alpha value is -1.14. The minimum absolute atomic E-state index is 0.0877. The van der Waals surface area contributed by atoms with E-state index in [0.717, 1.165) is 0 Å². The van der Waals surface area contributed by atoms with Crippen LogP contribution in [0.2, 0.25) is 0 Å². The average molecular weight is 250 g/mol. The van der Waals surface area contributed by atoms with E-state index in [2.05, 4.69) is 0 Å². The van der Waals surface area contributed by atoms with Crippen LogP contribution in [0.4, 0.5) is 0 Å². The van der Waals surface area contributed by atoms with E-state index in [1.54, 1.807) is 0 Å². The second kappa shape index (κ2) is 7.24.